The first-order chi connectivity index (χ1) is 11.5. The van der Waals surface area contributed by atoms with Gasteiger partial charge in [0.05, 0.1) is 11.3 Å². The Hall–Kier alpha value is -3.09. The van der Waals surface area contributed by atoms with Crippen molar-refractivity contribution in [2.24, 2.45) is 0 Å². The van der Waals surface area contributed by atoms with Gasteiger partial charge in [0.25, 0.3) is 5.91 Å². The molecule has 1 heterocycles. The molecule has 1 amide bonds. The van der Waals surface area contributed by atoms with E-state index < -0.39 is 23.8 Å². The summed E-state index contributed by atoms with van der Waals surface area (Å²) in [6.45, 7) is 1.50. The highest BCUT2D eigenvalue weighted by atomic mass is 19.1. The average molecular weight is 331 g/mol. The summed E-state index contributed by atoms with van der Waals surface area (Å²) in [7, 11) is 0. The quantitative estimate of drug-likeness (QED) is 0.872. The van der Waals surface area contributed by atoms with Gasteiger partial charge in [0.15, 0.2) is 17.6 Å². The number of benzene rings is 2. The van der Waals surface area contributed by atoms with Crippen LogP contribution in [0.25, 0.3) is 0 Å². The van der Waals surface area contributed by atoms with Gasteiger partial charge in [0, 0.05) is 0 Å². The summed E-state index contributed by atoms with van der Waals surface area (Å²) in [5, 5.41) is 2.37. The van der Waals surface area contributed by atoms with E-state index in [2.05, 4.69) is 5.32 Å². The zero-order valence-corrected chi connectivity index (χ0v) is 12.7. The zero-order chi connectivity index (χ0) is 17.1. The number of para-hydroxylation sites is 1. The molecule has 124 valence electrons. The summed E-state index contributed by atoms with van der Waals surface area (Å²) >= 11 is 0. The molecular formula is C17H14FNO5. The van der Waals surface area contributed by atoms with Crippen molar-refractivity contribution in [2.45, 2.75) is 13.0 Å². The van der Waals surface area contributed by atoms with Gasteiger partial charge in [-0.15, -0.1) is 0 Å². The molecule has 0 fully saturated rings. The van der Waals surface area contributed by atoms with Gasteiger partial charge >= 0.3 is 5.97 Å². The van der Waals surface area contributed by atoms with Crippen molar-refractivity contribution in [3.63, 3.8) is 0 Å². The first-order valence-corrected chi connectivity index (χ1v) is 7.20. The minimum absolute atomic E-state index is 0.0217. The topological polar surface area (TPSA) is 73.9 Å². The Balaban J connectivity index is 1.63. The Morgan fingerprint density at radius 2 is 1.92 bits per heavy atom. The maximum absolute atomic E-state index is 13.5. The number of halogens is 1. The van der Waals surface area contributed by atoms with Gasteiger partial charge in [0.2, 0.25) is 6.79 Å². The molecule has 2 aromatic carbocycles. The van der Waals surface area contributed by atoms with Gasteiger partial charge in [0.1, 0.15) is 5.82 Å². The monoisotopic (exact) mass is 331 g/mol. The van der Waals surface area contributed by atoms with E-state index >= 15 is 0 Å². The van der Waals surface area contributed by atoms with Crippen molar-refractivity contribution in [1.82, 2.24) is 0 Å². The van der Waals surface area contributed by atoms with E-state index in [1.165, 1.54) is 37.3 Å². The number of ether oxygens (including phenoxy) is 3. The largest absolute Gasteiger partial charge is 0.454 e. The van der Waals surface area contributed by atoms with Gasteiger partial charge in [-0.3, -0.25) is 4.79 Å². The molecule has 1 N–H and O–H groups in total. The molecule has 6 nitrogen and oxygen atoms in total. The second-order valence-electron chi connectivity index (χ2n) is 5.08. The van der Waals surface area contributed by atoms with Crippen LogP contribution in [0, 0.1) is 5.82 Å². The molecule has 0 radical (unpaired) electrons. The first-order valence-electron chi connectivity index (χ1n) is 7.20. The number of hydrogen-bond donors (Lipinski definition) is 1. The molecule has 0 unspecified atom stereocenters. The van der Waals surface area contributed by atoms with Gasteiger partial charge < -0.3 is 19.5 Å². The van der Waals surface area contributed by atoms with E-state index in [4.69, 9.17) is 14.2 Å². The van der Waals surface area contributed by atoms with Crippen LogP contribution < -0.4 is 14.8 Å². The fourth-order valence-electron chi connectivity index (χ4n) is 2.10. The molecule has 1 atom stereocenters. The third kappa shape index (κ3) is 3.29. The minimum Gasteiger partial charge on any atom is -0.454 e. The van der Waals surface area contributed by atoms with Crippen molar-refractivity contribution >= 4 is 17.6 Å². The van der Waals surface area contributed by atoms with Crippen LogP contribution in [0.4, 0.5) is 10.1 Å². The van der Waals surface area contributed by atoms with E-state index in [0.29, 0.717) is 11.5 Å². The molecule has 0 aromatic heterocycles. The number of nitrogens with one attached hydrogen (secondary N) is 1. The maximum atomic E-state index is 13.5. The Morgan fingerprint density at radius 3 is 2.71 bits per heavy atom. The lowest BCUT2D eigenvalue weighted by atomic mass is 10.2. The molecule has 24 heavy (non-hydrogen) atoms. The summed E-state index contributed by atoms with van der Waals surface area (Å²) < 4.78 is 29.0. The molecule has 0 saturated carbocycles. The van der Waals surface area contributed by atoms with Crippen LogP contribution in [-0.4, -0.2) is 24.8 Å². The molecule has 3 rings (SSSR count). The molecule has 1 aliphatic rings. The fourth-order valence-corrected chi connectivity index (χ4v) is 2.10. The highest BCUT2D eigenvalue weighted by Gasteiger charge is 2.22. The Kier molecular flexibility index (Phi) is 4.33. The van der Waals surface area contributed by atoms with Crippen LogP contribution >= 0.6 is 0 Å². The highest BCUT2D eigenvalue weighted by Crippen LogP contribution is 2.32. The number of hydrogen-bond acceptors (Lipinski definition) is 5. The molecule has 0 bridgehead atoms. The fraction of sp³-hybridized carbons (Fsp3) is 0.176. The van der Waals surface area contributed by atoms with Crippen LogP contribution in [0.15, 0.2) is 42.5 Å². The number of carbonyl (C=O) groups excluding carboxylic acids is 2. The minimum atomic E-state index is -1.09. The van der Waals surface area contributed by atoms with Crippen molar-refractivity contribution in [3.05, 3.63) is 53.8 Å². The van der Waals surface area contributed by atoms with Crippen molar-refractivity contribution < 1.29 is 28.2 Å². The molecular weight excluding hydrogens is 317 g/mol. The van der Waals surface area contributed by atoms with Crippen LogP contribution in [-0.2, 0) is 9.53 Å². The summed E-state index contributed by atoms with van der Waals surface area (Å²) in [5.41, 5.74) is 0.248. The molecule has 0 aliphatic carbocycles. The molecule has 1 aliphatic heterocycles. The van der Waals surface area contributed by atoms with Crippen LogP contribution in [0.3, 0.4) is 0 Å². The predicted octanol–water partition coefficient (Wildman–Crippen LogP) is 2.74. The molecule has 7 heteroatoms. The third-order valence-electron chi connectivity index (χ3n) is 3.39. The predicted molar refractivity (Wildman–Crippen MR) is 82.5 cm³/mol. The van der Waals surface area contributed by atoms with Gasteiger partial charge in [-0.2, -0.15) is 0 Å². The SMILES string of the molecule is C[C@H](OC(=O)c1ccc2c(c1)OCO2)C(=O)Nc1ccccc1F. The Bertz CT molecular complexity index is 792. The van der Waals surface area contributed by atoms with Gasteiger partial charge in [-0.05, 0) is 37.3 Å². The maximum Gasteiger partial charge on any atom is 0.339 e. The second-order valence-corrected chi connectivity index (χ2v) is 5.08. The smallest absolute Gasteiger partial charge is 0.339 e. The normalized spacial score (nSPS) is 13.2. The highest BCUT2D eigenvalue weighted by molar-refractivity contribution is 5.97. The van der Waals surface area contributed by atoms with Crippen molar-refractivity contribution in [2.75, 3.05) is 12.1 Å². The lowest BCUT2D eigenvalue weighted by Gasteiger charge is -2.14. The standard InChI is InChI=1S/C17H14FNO5/c1-10(16(20)19-13-5-3-2-4-12(13)18)24-17(21)11-6-7-14-15(8-11)23-9-22-14/h2-8,10H,9H2,1H3,(H,19,20)/t10-/m0/s1. The zero-order valence-electron chi connectivity index (χ0n) is 12.7. The average Bonchev–Trinajstić information content (AvgIpc) is 3.04. The molecule has 0 spiro atoms. The third-order valence-corrected chi connectivity index (χ3v) is 3.39. The van der Waals surface area contributed by atoms with E-state index in [-0.39, 0.29) is 18.0 Å². The van der Waals surface area contributed by atoms with Crippen molar-refractivity contribution in [1.29, 1.82) is 0 Å². The van der Waals surface area contributed by atoms with E-state index in [1.807, 2.05) is 0 Å². The number of amides is 1. The summed E-state index contributed by atoms with van der Waals surface area (Å²) in [6.07, 6.45) is -1.09. The summed E-state index contributed by atoms with van der Waals surface area (Å²) in [4.78, 5) is 24.1. The van der Waals surface area contributed by atoms with Gasteiger partial charge in [-0.25, -0.2) is 9.18 Å². The second kappa shape index (κ2) is 6.57. The van der Waals surface area contributed by atoms with Gasteiger partial charge in [-0.1, -0.05) is 12.1 Å². The van der Waals surface area contributed by atoms with Crippen LogP contribution in [0.1, 0.15) is 17.3 Å². The van der Waals surface area contributed by atoms with Crippen molar-refractivity contribution in [3.8, 4) is 11.5 Å². The molecule has 2 aromatic rings. The van der Waals surface area contributed by atoms with E-state index in [9.17, 15) is 14.0 Å². The Labute approximate surface area is 137 Å². The van der Waals surface area contributed by atoms with Crippen LogP contribution in [0.5, 0.6) is 11.5 Å². The number of carbonyl (C=O) groups is 2. The van der Waals surface area contributed by atoms with Crippen LogP contribution in [0.2, 0.25) is 0 Å². The number of fused-ring (bicyclic) bond motifs is 1. The lowest BCUT2D eigenvalue weighted by molar-refractivity contribution is -0.123. The number of anilines is 1. The summed E-state index contributed by atoms with van der Waals surface area (Å²) in [6, 6.07) is 10.3. The van der Waals surface area contributed by atoms with E-state index in [1.54, 1.807) is 12.1 Å². The Morgan fingerprint density at radius 1 is 1.17 bits per heavy atom. The van der Waals surface area contributed by atoms with E-state index in [0.717, 1.165) is 0 Å². The molecule has 0 saturated heterocycles. The first kappa shape index (κ1) is 15.8. The number of esters is 1. The lowest BCUT2D eigenvalue weighted by Crippen LogP contribution is -2.30. The number of rotatable bonds is 4. The summed E-state index contributed by atoms with van der Waals surface area (Å²) in [5.74, 6) is -0.913.